The highest BCUT2D eigenvalue weighted by Gasteiger charge is 2.26. The number of carbonyl (C=O) groups is 2. The van der Waals surface area contributed by atoms with E-state index in [0.29, 0.717) is 0 Å². The summed E-state index contributed by atoms with van der Waals surface area (Å²) in [5.41, 5.74) is 7.18. The van der Waals surface area contributed by atoms with E-state index in [0.717, 1.165) is 0 Å². The van der Waals surface area contributed by atoms with Crippen LogP contribution < -0.4 is 22.2 Å². The monoisotopic (exact) mass is 211 g/mol. The number of nitrogens with two attached hydrogens (primary N) is 1. The Morgan fingerprint density at radius 2 is 2.40 bits per heavy atom. The van der Waals surface area contributed by atoms with Gasteiger partial charge in [-0.2, -0.15) is 0 Å². The van der Waals surface area contributed by atoms with Crippen LogP contribution in [0.3, 0.4) is 0 Å². The van der Waals surface area contributed by atoms with E-state index in [9.17, 15) is 9.59 Å². The first-order valence-corrected chi connectivity index (χ1v) is 4.03. The van der Waals surface area contributed by atoms with Crippen LogP contribution in [0.1, 0.15) is 10.5 Å². The van der Waals surface area contributed by atoms with E-state index >= 15 is 0 Å². The first kappa shape index (κ1) is 9.43. The van der Waals surface area contributed by atoms with E-state index in [1.807, 2.05) is 5.43 Å². The molecule has 80 valence electrons. The summed E-state index contributed by atoms with van der Waals surface area (Å²) < 4.78 is 1.20. The van der Waals surface area contributed by atoms with E-state index in [-0.39, 0.29) is 17.5 Å². The van der Waals surface area contributed by atoms with Gasteiger partial charge in [-0.3, -0.25) is 15.6 Å². The first-order valence-electron chi connectivity index (χ1n) is 4.03. The number of hydrazine groups is 3. The molecule has 9 nitrogen and oxygen atoms in total. The minimum atomic E-state index is -0.574. The molecule has 0 fully saturated rings. The van der Waals surface area contributed by atoms with Crippen molar-refractivity contribution in [1.29, 1.82) is 0 Å². The summed E-state index contributed by atoms with van der Waals surface area (Å²) in [6.45, 7) is 0. The summed E-state index contributed by atoms with van der Waals surface area (Å²) in [4.78, 5) is 26.5. The number of aromatic nitrogens is 2. The molecule has 1 aliphatic rings. The molecule has 0 bridgehead atoms. The number of nitrogens with zero attached hydrogens (tertiary/aromatic N) is 3. The molecule has 0 saturated carbocycles. The number of carbonyl (C=O) groups excluding carboxylic acids is 2. The summed E-state index contributed by atoms with van der Waals surface area (Å²) in [6, 6.07) is -0.354. The predicted molar refractivity (Wildman–Crippen MR) is 49.2 cm³/mol. The zero-order chi connectivity index (χ0) is 11.0. The van der Waals surface area contributed by atoms with Crippen molar-refractivity contribution in [3.05, 3.63) is 12.0 Å². The Hall–Kier alpha value is -2.13. The number of nitrogens with one attached hydrogen (secondary N) is 3. The highest BCUT2D eigenvalue weighted by molar-refractivity contribution is 5.99. The SMILES string of the molecule is CN1NNc2c(C(=O)NN)ncn2C1=O. The minimum absolute atomic E-state index is 0.0476. The Morgan fingerprint density at radius 1 is 1.67 bits per heavy atom. The zero-order valence-electron chi connectivity index (χ0n) is 7.81. The van der Waals surface area contributed by atoms with Crippen molar-refractivity contribution in [3.63, 3.8) is 0 Å². The maximum atomic E-state index is 11.5. The van der Waals surface area contributed by atoms with Gasteiger partial charge in [-0.15, -0.1) is 5.53 Å². The lowest BCUT2D eigenvalue weighted by Gasteiger charge is -2.25. The molecular formula is C6H9N7O2. The van der Waals surface area contributed by atoms with Crippen molar-refractivity contribution in [2.45, 2.75) is 0 Å². The van der Waals surface area contributed by atoms with Crippen LogP contribution >= 0.6 is 0 Å². The lowest BCUT2D eigenvalue weighted by Crippen LogP contribution is -2.50. The van der Waals surface area contributed by atoms with E-state index in [1.54, 1.807) is 0 Å². The molecule has 1 aromatic rings. The molecule has 9 heteroatoms. The van der Waals surface area contributed by atoms with Crippen LogP contribution in [0.25, 0.3) is 0 Å². The number of anilines is 1. The largest absolute Gasteiger partial charge is 0.346 e. The smallest absolute Gasteiger partial charge is 0.289 e. The molecule has 0 saturated heterocycles. The highest BCUT2D eigenvalue weighted by Crippen LogP contribution is 2.16. The van der Waals surface area contributed by atoms with Crippen LogP contribution in [-0.2, 0) is 0 Å². The molecular weight excluding hydrogens is 202 g/mol. The van der Waals surface area contributed by atoms with Gasteiger partial charge in [0.05, 0.1) is 0 Å². The summed E-state index contributed by atoms with van der Waals surface area (Å²) >= 11 is 0. The van der Waals surface area contributed by atoms with Crippen LogP contribution in [0, 0.1) is 0 Å². The topological polar surface area (TPSA) is 117 Å². The van der Waals surface area contributed by atoms with E-state index in [1.165, 1.54) is 23.0 Å². The zero-order valence-corrected chi connectivity index (χ0v) is 7.81. The lowest BCUT2D eigenvalue weighted by molar-refractivity contribution is 0.0949. The van der Waals surface area contributed by atoms with Crippen LogP contribution in [0.5, 0.6) is 0 Å². The van der Waals surface area contributed by atoms with Crippen molar-refractivity contribution in [2.75, 3.05) is 12.5 Å². The predicted octanol–water partition coefficient (Wildman–Crippen LogP) is -1.77. The molecule has 15 heavy (non-hydrogen) atoms. The minimum Gasteiger partial charge on any atom is -0.289 e. The normalized spacial score (nSPS) is 14.5. The van der Waals surface area contributed by atoms with Gasteiger partial charge in [0.2, 0.25) is 0 Å². The standard InChI is InChI=1S/C6H9N7O2/c1-12-6(15)13-2-8-3(5(14)9-7)4(13)10-11-12/h2,10-11H,7H2,1H3,(H,9,14). The van der Waals surface area contributed by atoms with Gasteiger partial charge in [0.1, 0.15) is 6.33 Å². The lowest BCUT2D eigenvalue weighted by atomic mass is 10.4. The van der Waals surface area contributed by atoms with Gasteiger partial charge in [0.25, 0.3) is 5.91 Å². The Labute approximate surface area is 84.1 Å². The maximum absolute atomic E-state index is 11.5. The fourth-order valence-corrected chi connectivity index (χ4v) is 1.19. The number of hydrogen-bond donors (Lipinski definition) is 4. The Bertz CT molecular complexity index is 412. The Kier molecular flexibility index (Phi) is 2.02. The molecule has 1 aromatic heterocycles. The molecule has 0 unspecified atom stereocenters. The number of amides is 2. The van der Waals surface area contributed by atoms with Crippen LogP contribution in [-0.4, -0.2) is 33.5 Å². The molecule has 5 N–H and O–H groups in total. The van der Waals surface area contributed by atoms with Gasteiger partial charge in [0.15, 0.2) is 11.5 Å². The van der Waals surface area contributed by atoms with Crippen molar-refractivity contribution in [3.8, 4) is 0 Å². The molecule has 0 atom stereocenters. The molecule has 0 aliphatic carbocycles. The second kappa shape index (κ2) is 3.22. The highest BCUT2D eigenvalue weighted by atomic mass is 16.2. The van der Waals surface area contributed by atoms with Crippen LogP contribution in [0.2, 0.25) is 0 Å². The average molecular weight is 211 g/mol. The van der Waals surface area contributed by atoms with Crippen molar-refractivity contribution in [2.24, 2.45) is 5.84 Å². The van der Waals surface area contributed by atoms with Crippen molar-refractivity contribution >= 4 is 17.8 Å². The first-order chi connectivity index (χ1) is 7.15. The number of imidazole rings is 1. The fourth-order valence-electron chi connectivity index (χ4n) is 1.19. The molecule has 2 heterocycles. The third kappa shape index (κ3) is 1.30. The van der Waals surface area contributed by atoms with Crippen LogP contribution in [0.15, 0.2) is 6.33 Å². The number of hydrogen-bond acceptors (Lipinski definition) is 6. The van der Waals surface area contributed by atoms with E-state index in [4.69, 9.17) is 5.84 Å². The van der Waals surface area contributed by atoms with E-state index in [2.05, 4.69) is 15.9 Å². The van der Waals surface area contributed by atoms with Gasteiger partial charge in [-0.25, -0.2) is 25.2 Å². The number of rotatable bonds is 1. The molecule has 1 aliphatic heterocycles. The van der Waals surface area contributed by atoms with Crippen molar-refractivity contribution < 1.29 is 9.59 Å². The van der Waals surface area contributed by atoms with Gasteiger partial charge >= 0.3 is 6.03 Å². The average Bonchev–Trinajstić information content (AvgIpc) is 2.66. The molecule has 2 rings (SSSR count). The number of fused-ring (bicyclic) bond motifs is 1. The molecule has 0 aromatic carbocycles. The molecule has 0 spiro atoms. The van der Waals surface area contributed by atoms with Crippen molar-refractivity contribution in [1.82, 2.24) is 25.5 Å². The third-order valence-electron chi connectivity index (χ3n) is 1.95. The molecule has 0 radical (unpaired) electrons. The third-order valence-corrected chi connectivity index (χ3v) is 1.95. The Morgan fingerprint density at radius 3 is 3.07 bits per heavy atom. The second-order valence-electron chi connectivity index (χ2n) is 2.86. The van der Waals surface area contributed by atoms with Gasteiger partial charge < -0.3 is 0 Å². The fraction of sp³-hybridized carbons (Fsp3) is 0.167. The summed E-state index contributed by atoms with van der Waals surface area (Å²) in [6.07, 6.45) is 1.24. The molecule has 2 amide bonds. The maximum Gasteiger partial charge on any atom is 0.346 e. The van der Waals surface area contributed by atoms with Crippen LogP contribution in [0.4, 0.5) is 10.6 Å². The summed E-state index contributed by atoms with van der Waals surface area (Å²) in [7, 11) is 1.53. The van der Waals surface area contributed by atoms with Gasteiger partial charge in [0, 0.05) is 7.05 Å². The Balaban J connectivity index is 2.44. The van der Waals surface area contributed by atoms with Gasteiger partial charge in [-0.05, 0) is 0 Å². The van der Waals surface area contributed by atoms with E-state index < -0.39 is 5.91 Å². The summed E-state index contributed by atoms with van der Waals surface area (Å²) in [5.74, 6) is 4.64. The second-order valence-corrected chi connectivity index (χ2v) is 2.86. The summed E-state index contributed by atoms with van der Waals surface area (Å²) in [5, 5.41) is 1.21. The number of nitrogen functional groups attached to an aromatic ring is 1. The quantitative estimate of drug-likeness (QED) is 0.248. The van der Waals surface area contributed by atoms with Gasteiger partial charge in [-0.1, -0.05) is 0 Å².